The van der Waals surface area contributed by atoms with Gasteiger partial charge in [-0.1, -0.05) is 12.1 Å². The van der Waals surface area contributed by atoms with E-state index >= 15 is 0 Å². The fourth-order valence-corrected chi connectivity index (χ4v) is 2.00. The van der Waals surface area contributed by atoms with E-state index in [2.05, 4.69) is 20.6 Å². The van der Waals surface area contributed by atoms with Crippen molar-refractivity contribution in [3.8, 4) is 5.75 Å². The molecule has 0 radical (unpaired) electrons. The molecule has 1 amide bonds. The van der Waals surface area contributed by atoms with Gasteiger partial charge in [0.2, 0.25) is 5.95 Å². The summed E-state index contributed by atoms with van der Waals surface area (Å²) in [6.45, 7) is 1.72. The van der Waals surface area contributed by atoms with Gasteiger partial charge in [0, 0.05) is 33.0 Å². The highest BCUT2D eigenvalue weighted by Crippen LogP contribution is 2.12. The molecule has 2 aromatic rings. The highest BCUT2D eigenvalue weighted by molar-refractivity contribution is 5.92. The fourth-order valence-electron chi connectivity index (χ4n) is 2.00. The Labute approximate surface area is 141 Å². The molecule has 7 heteroatoms. The maximum Gasteiger partial charge on any atom is 0.270 e. The van der Waals surface area contributed by atoms with E-state index < -0.39 is 0 Å². The Morgan fingerprint density at radius 2 is 1.96 bits per heavy atom. The van der Waals surface area contributed by atoms with Gasteiger partial charge in [-0.3, -0.25) is 4.79 Å². The van der Waals surface area contributed by atoms with Crippen LogP contribution in [0.25, 0.3) is 0 Å². The smallest absolute Gasteiger partial charge is 0.270 e. The second-order valence-electron chi connectivity index (χ2n) is 5.07. The van der Waals surface area contributed by atoms with Gasteiger partial charge < -0.3 is 20.1 Å². The largest absolute Gasteiger partial charge is 0.497 e. The average Bonchev–Trinajstić information content (AvgIpc) is 2.64. The van der Waals surface area contributed by atoms with Crippen LogP contribution < -0.4 is 15.4 Å². The van der Waals surface area contributed by atoms with Gasteiger partial charge in [0.1, 0.15) is 11.4 Å². The molecule has 0 saturated heterocycles. The number of benzene rings is 1. The van der Waals surface area contributed by atoms with E-state index in [4.69, 9.17) is 9.47 Å². The summed E-state index contributed by atoms with van der Waals surface area (Å²) >= 11 is 0. The molecule has 24 heavy (non-hydrogen) atoms. The van der Waals surface area contributed by atoms with E-state index in [1.54, 1.807) is 26.5 Å². The Morgan fingerprint density at radius 1 is 1.17 bits per heavy atom. The Hall–Kier alpha value is -2.67. The van der Waals surface area contributed by atoms with Crippen LogP contribution in [-0.2, 0) is 11.3 Å². The molecule has 128 valence electrons. The highest BCUT2D eigenvalue weighted by atomic mass is 16.5. The SMILES string of the molecule is COCCCNC(=O)c1ccnc(NCc2ccc(OC)cc2)n1. The summed E-state index contributed by atoms with van der Waals surface area (Å²) in [5, 5.41) is 5.90. The first-order valence-corrected chi connectivity index (χ1v) is 7.70. The minimum atomic E-state index is -0.221. The number of anilines is 1. The summed E-state index contributed by atoms with van der Waals surface area (Å²) in [6.07, 6.45) is 2.32. The maximum atomic E-state index is 12.0. The summed E-state index contributed by atoms with van der Waals surface area (Å²) in [6, 6.07) is 9.28. The van der Waals surface area contributed by atoms with Gasteiger partial charge >= 0.3 is 0 Å². The molecule has 1 aromatic heterocycles. The Kier molecular flexibility index (Phi) is 6.97. The third kappa shape index (κ3) is 5.51. The van der Waals surface area contributed by atoms with Crippen LogP contribution in [-0.4, -0.2) is 43.2 Å². The van der Waals surface area contributed by atoms with Gasteiger partial charge in [-0.15, -0.1) is 0 Å². The fraction of sp³-hybridized carbons (Fsp3) is 0.353. The lowest BCUT2D eigenvalue weighted by Crippen LogP contribution is -2.26. The molecule has 0 bridgehead atoms. The summed E-state index contributed by atoms with van der Waals surface area (Å²) < 4.78 is 10.1. The quantitative estimate of drug-likeness (QED) is 0.683. The Bertz CT molecular complexity index is 647. The average molecular weight is 330 g/mol. The third-order valence-electron chi connectivity index (χ3n) is 3.31. The van der Waals surface area contributed by atoms with Gasteiger partial charge in [-0.05, 0) is 30.2 Å². The number of methoxy groups -OCH3 is 2. The van der Waals surface area contributed by atoms with Crippen LogP contribution >= 0.6 is 0 Å². The number of hydrogen-bond donors (Lipinski definition) is 2. The molecule has 0 atom stereocenters. The lowest BCUT2D eigenvalue weighted by Gasteiger charge is -2.08. The zero-order valence-corrected chi connectivity index (χ0v) is 13.9. The lowest BCUT2D eigenvalue weighted by molar-refractivity contribution is 0.0943. The van der Waals surface area contributed by atoms with Crippen molar-refractivity contribution in [1.82, 2.24) is 15.3 Å². The molecule has 2 rings (SSSR count). The molecule has 2 N–H and O–H groups in total. The number of ether oxygens (including phenoxy) is 2. The minimum Gasteiger partial charge on any atom is -0.497 e. The molecule has 1 heterocycles. The summed E-state index contributed by atoms with van der Waals surface area (Å²) in [5.41, 5.74) is 1.40. The predicted molar refractivity (Wildman–Crippen MR) is 91.2 cm³/mol. The summed E-state index contributed by atoms with van der Waals surface area (Å²) in [7, 11) is 3.26. The number of aromatic nitrogens is 2. The van der Waals surface area contributed by atoms with Crippen molar-refractivity contribution in [3.05, 3.63) is 47.8 Å². The molecule has 0 saturated carbocycles. The van der Waals surface area contributed by atoms with Crippen molar-refractivity contribution >= 4 is 11.9 Å². The Balaban J connectivity index is 1.88. The van der Waals surface area contributed by atoms with E-state index in [1.807, 2.05) is 24.3 Å². The van der Waals surface area contributed by atoms with Crippen LogP contribution in [0.1, 0.15) is 22.5 Å². The van der Waals surface area contributed by atoms with E-state index in [1.165, 1.54) is 0 Å². The predicted octanol–water partition coefficient (Wildman–Crippen LogP) is 1.86. The monoisotopic (exact) mass is 330 g/mol. The normalized spacial score (nSPS) is 10.2. The molecular formula is C17H22N4O3. The van der Waals surface area contributed by atoms with Crippen LogP contribution in [0, 0.1) is 0 Å². The number of nitrogens with zero attached hydrogens (tertiary/aromatic N) is 2. The topological polar surface area (TPSA) is 85.4 Å². The van der Waals surface area contributed by atoms with Crippen LogP contribution in [0.15, 0.2) is 36.5 Å². The maximum absolute atomic E-state index is 12.0. The highest BCUT2D eigenvalue weighted by Gasteiger charge is 2.08. The van der Waals surface area contributed by atoms with Gasteiger partial charge in [-0.25, -0.2) is 9.97 Å². The molecule has 0 unspecified atom stereocenters. The van der Waals surface area contributed by atoms with Crippen molar-refractivity contribution in [2.24, 2.45) is 0 Å². The summed E-state index contributed by atoms with van der Waals surface area (Å²) in [5.74, 6) is 0.999. The van der Waals surface area contributed by atoms with Crippen LogP contribution in [0.2, 0.25) is 0 Å². The molecule has 0 aliphatic carbocycles. The van der Waals surface area contributed by atoms with E-state index in [0.717, 1.165) is 17.7 Å². The number of carbonyl (C=O) groups is 1. The van der Waals surface area contributed by atoms with Crippen LogP contribution in [0.3, 0.4) is 0 Å². The molecule has 7 nitrogen and oxygen atoms in total. The third-order valence-corrected chi connectivity index (χ3v) is 3.31. The minimum absolute atomic E-state index is 0.221. The van der Waals surface area contributed by atoms with Crippen molar-refractivity contribution in [2.75, 3.05) is 32.7 Å². The molecule has 0 aliphatic rings. The van der Waals surface area contributed by atoms with E-state index in [9.17, 15) is 4.79 Å². The second kappa shape index (κ2) is 9.46. The van der Waals surface area contributed by atoms with E-state index in [-0.39, 0.29) is 5.91 Å². The number of hydrogen-bond acceptors (Lipinski definition) is 6. The number of amides is 1. The first-order valence-electron chi connectivity index (χ1n) is 7.70. The zero-order chi connectivity index (χ0) is 17.2. The summed E-state index contributed by atoms with van der Waals surface area (Å²) in [4.78, 5) is 20.4. The van der Waals surface area contributed by atoms with Gasteiger partial charge in [-0.2, -0.15) is 0 Å². The first-order chi connectivity index (χ1) is 11.7. The van der Waals surface area contributed by atoms with Crippen LogP contribution in [0.4, 0.5) is 5.95 Å². The first kappa shape index (κ1) is 17.7. The molecule has 1 aromatic carbocycles. The van der Waals surface area contributed by atoms with Gasteiger partial charge in [0.25, 0.3) is 5.91 Å². The molecule has 0 spiro atoms. The Morgan fingerprint density at radius 3 is 2.67 bits per heavy atom. The van der Waals surface area contributed by atoms with Crippen molar-refractivity contribution in [2.45, 2.75) is 13.0 Å². The zero-order valence-electron chi connectivity index (χ0n) is 13.9. The van der Waals surface area contributed by atoms with Crippen LogP contribution in [0.5, 0.6) is 5.75 Å². The van der Waals surface area contributed by atoms with Crippen molar-refractivity contribution in [1.29, 1.82) is 0 Å². The number of rotatable bonds is 9. The molecular weight excluding hydrogens is 308 g/mol. The molecule has 0 aliphatic heterocycles. The van der Waals surface area contributed by atoms with Gasteiger partial charge in [0.05, 0.1) is 7.11 Å². The number of carbonyl (C=O) groups excluding carboxylic acids is 1. The number of nitrogens with one attached hydrogen (secondary N) is 2. The second-order valence-corrected chi connectivity index (χ2v) is 5.07. The van der Waals surface area contributed by atoms with Crippen molar-refractivity contribution in [3.63, 3.8) is 0 Å². The van der Waals surface area contributed by atoms with Gasteiger partial charge in [0.15, 0.2) is 0 Å². The molecule has 0 fully saturated rings. The standard InChI is InChI=1S/C17H22N4O3/c1-23-11-3-9-18-16(22)15-8-10-19-17(21-15)20-12-13-4-6-14(24-2)7-5-13/h4-8,10H,3,9,11-12H2,1-2H3,(H,18,22)(H,19,20,21). The van der Waals surface area contributed by atoms with E-state index in [0.29, 0.717) is 31.3 Å². The lowest BCUT2D eigenvalue weighted by atomic mass is 10.2. The van der Waals surface area contributed by atoms with Crippen molar-refractivity contribution < 1.29 is 14.3 Å².